The summed E-state index contributed by atoms with van der Waals surface area (Å²) in [6, 6.07) is 3.04. The number of carbonyl (C=O) groups is 2. The van der Waals surface area contributed by atoms with E-state index in [4.69, 9.17) is 5.73 Å². The van der Waals surface area contributed by atoms with Crippen LogP contribution in [0.4, 0.5) is 0 Å². The molecule has 14 heavy (non-hydrogen) atoms. The number of nitrogens with two attached hydrogens (primary N) is 1. The maximum absolute atomic E-state index is 11.0. The Hall–Kier alpha value is -2.17. The molecule has 0 saturated carbocycles. The maximum Gasteiger partial charge on any atom is 0.250 e. The van der Waals surface area contributed by atoms with Gasteiger partial charge in [0.2, 0.25) is 0 Å². The van der Waals surface area contributed by atoms with Gasteiger partial charge in [-0.05, 0) is 12.1 Å². The van der Waals surface area contributed by atoms with Gasteiger partial charge in [0.15, 0.2) is 0 Å². The molecule has 2 rings (SSSR count). The molecule has 0 saturated heterocycles. The number of nitrogens with zero attached hydrogens (tertiary/aromatic N) is 1. The van der Waals surface area contributed by atoms with Crippen molar-refractivity contribution in [3.8, 4) is 0 Å². The molecule has 5 heteroatoms. The average molecular weight is 189 g/mol. The third-order valence-corrected chi connectivity index (χ3v) is 1.95. The fraction of sp³-hybridized carbons (Fsp3) is 0. The Morgan fingerprint density at radius 3 is 2.93 bits per heavy atom. The highest BCUT2D eigenvalue weighted by atomic mass is 16.1. The van der Waals surface area contributed by atoms with Crippen LogP contribution in [-0.2, 0) is 0 Å². The van der Waals surface area contributed by atoms with E-state index in [0.29, 0.717) is 22.9 Å². The fourth-order valence-corrected chi connectivity index (χ4v) is 1.33. The molecule has 0 atom stereocenters. The normalized spacial score (nSPS) is 10.3. The van der Waals surface area contributed by atoms with Gasteiger partial charge < -0.3 is 10.7 Å². The summed E-state index contributed by atoms with van der Waals surface area (Å²) in [5.74, 6) is -0.592. The molecule has 1 heterocycles. The molecule has 1 aromatic carbocycles. The van der Waals surface area contributed by atoms with E-state index in [2.05, 4.69) is 9.97 Å². The Morgan fingerprint density at radius 1 is 1.50 bits per heavy atom. The van der Waals surface area contributed by atoms with Gasteiger partial charge in [0, 0.05) is 5.56 Å². The second-order valence-electron chi connectivity index (χ2n) is 2.85. The van der Waals surface area contributed by atoms with Crippen LogP contribution in [0.15, 0.2) is 18.5 Å². The monoisotopic (exact) mass is 189 g/mol. The number of primary amides is 1. The summed E-state index contributed by atoms with van der Waals surface area (Å²) in [5.41, 5.74) is 6.93. The summed E-state index contributed by atoms with van der Waals surface area (Å²) < 4.78 is 0. The molecule has 1 amide bonds. The zero-order valence-corrected chi connectivity index (χ0v) is 7.15. The summed E-state index contributed by atoms with van der Waals surface area (Å²) >= 11 is 0. The summed E-state index contributed by atoms with van der Waals surface area (Å²) in [7, 11) is 0. The molecule has 0 aliphatic heterocycles. The number of hydrogen-bond acceptors (Lipinski definition) is 3. The van der Waals surface area contributed by atoms with Crippen LogP contribution in [0.25, 0.3) is 11.0 Å². The van der Waals surface area contributed by atoms with Crippen LogP contribution in [-0.4, -0.2) is 22.2 Å². The number of benzene rings is 1. The number of rotatable bonds is 2. The third kappa shape index (κ3) is 1.15. The number of hydrogen-bond donors (Lipinski definition) is 2. The Morgan fingerprint density at radius 2 is 2.29 bits per heavy atom. The zero-order chi connectivity index (χ0) is 10.1. The molecule has 1 aromatic heterocycles. The lowest BCUT2D eigenvalue weighted by Crippen LogP contribution is -2.12. The molecule has 0 aliphatic carbocycles. The topological polar surface area (TPSA) is 88.8 Å². The van der Waals surface area contributed by atoms with Crippen molar-refractivity contribution in [2.45, 2.75) is 0 Å². The minimum absolute atomic E-state index is 0.255. The van der Waals surface area contributed by atoms with Crippen molar-refractivity contribution >= 4 is 23.2 Å². The molecule has 3 N–H and O–H groups in total. The smallest absolute Gasteiger partial charge is 0.250 e. The Bertz CT molecular complexity index is 516. The molecular weight excluding hydrogens is 182 g/mol. The van der Waals surface area contributed by atoms with Crippen LogP contribution in [0.5, 0.6) is 0 Å². The second-order valence-corrected chi connectivity index (χ2v) is 2.85. The number of aldehydes is 1. The van der Waals surface area contributed by atoms with E-state index in [1.54, 1.807) is 6.07 Å². The molecule has 0 bridgehead atoms. The largest absolute Gasteiger partial charge is 0.366 e. The zero-order valence-electron chi connectivity index (χ0n) is 7.15. The fourth-order valence-electron chi connectivity index (χ4n) is 1.33. The molecule has 0 spiro atoms. The Kier molecular flexibility index (Phi) is 1.78. The number of aromatic nitrogens is 2. The van der Waals surface area contributed by atoms with E-state index in [9.17, 15) is 9.59 Å². The highest BCUT2D eigenvalue weighted by Crippen LogP contribution is 2.16. The summed E-state index contributed by atoms with van der Waals surface area (Å²) in [4.78, 5) is 28.3. The molecule has 0 unspecified atom stereocenters. The van der Waals surface area contributed by atoms with Gasteiger partial charge >= 0.3 is 0 Å². The predicted octanol–water partition coefficient (Wildman–Crippen LogP) is 0.474. The molecule has 5 nitrogen and oxygen atoms in total. The number of fused-ring (bicyclic) bond motifs is 1. The first-order chi connectivity index (χ1) is 6.72. The number of amides is 1. The summed E-state index contributed by atoms with van der Waals surface area (Å²) in [5, 5.41) is 0. The minimum Gasteiger partial charge on any atom is -0.366 e. The first-order valence-electron chi connectivity index (χ1n) is 3.94. The maximum atomic E-state index is 11.0. The van der Waals surface area contributed by atoms with Crippen LogP contribution >= 0.6 is 0 Å². The predicted molar refractivity (Wildman–Crippen MR) is 50.0 cm³/mol. The molecule has 70 valence electrons. The number of nitrogens with one attached hydrogen (secondary N) is 1. The lowest BCUT2D eigenvalue weighted by molar-refractivity contribution is 0.100. The molecule has 0 aliphatic rings. The van der Waals surface area contributed by atoms with Crippen molar-refractivity contribution in [3.63, 3.8) is 0 Å². The number of aromatic amines is 1. The lowest BCUT2D eigenvalue weighted by Gasteiger charge is -1.98. The van der Waals surface area contributed by atoms with E-state index in [1.807, 2.05) is 0 Å². The van der Waals surface area contributed by atoms with Gasteiger partial charge in [-0.3, -0.25) is 9.59 Å². The van der Waals surface area contributed by atoms with Gasteiger partial charge in [-0.1, -0.05) is 0 Å². The molecule has 0 radical (unpaired) electrons. The van der Waals surface area contributed by atoms with Crippen LogP contribution in [0.3, 0.4) is 0 Å². The third-order valence-electron chi connectivity index (χ3n) is 1.95. The first-order valence-corrected chi connectivity index (χ1v) is 3.94. The van der Waals surface area contributed by atoms with E-state index in [0.717, 1.165) is 0 Å². The van der Waals surface area contributed by atoms with Crippen molar-refractivity contribution in [3.05, 3.63) is 29.6 Å². The van der Waals surface area contributed by atoms with Gasteiger partial charge in [0.25, 0.3) is 5.91 Å². The SMILES string of the molecule is NC(=O)c1cc(C=O)cc2[nH]cnc12. The van der Waals surface area contributed by atoms with Crippen LogP contribution < -0.4 is 5.73 Å². The van der Waals surface area contributed by atoms with E-state index < -0.39 is 5.91 Å². The summed E-state index contributed by atoms with van der Waals surface area (Å²) in [6.45, 7) is 0. The highest BCUT2D eigenvalue weighted by molar-refractivity contribution is 6.05. The minimum atomic E-state index is -0.592. The Balaban J connectivity index is 2.83. The van der Waals surface area contributed by atoms with E-state index in [1.165, 1.54) is 12.4 Å². The molecule has 0 fully saturated rings. The van der Waals surface area contributed by atoms with E-state index >= 15 is 0 Å². The van der Waals surface area contributed by atoms with Crippen LogP contribution in [0.2, 0.25) is 0 Å². The quantitative estimate of drug-likeness (QED) is 0.673. The number of carbonyl (C=O) groups excluding carboxylic acids is 2. The van der Waals surface area contributed by atoms with Gasteiger partial charge in [-0.2, -0.15) is 0 Å². The van der Waals surface area contributed by atoms with Gasteiger partial charge in [-0.15, -0.1) is 0 Å². The number of imidazole rings is 1. The van der Waals surface area contributed by atoms with Gasteiger partial charge in [0.1, 0.15) is 11.8 Å². The standard InChI is InChI=1S/C9H7N3O2/c10-9(14)6-1-5(3-13)2-7-8(6)12-4-11-7/h1-4H,(H2,10,14)(H,11,12). The first kappa shape index (κ1) is 8.43. The Labute approximate surface area is 78.9 Å². The van der Waals surface area contributed by atoms with E-state index in [-0.39, 0.29) is 5.56 Å². The second kappa shape index (κ2) is 2.95. The van der Waals surface area contributed by atoms with Crippen molar-refractivity contribution in [2.24, 2.45) is 5.73 Å². The van der Waals surface area contributed by atoms with Crippen molar-refractivity contribution in [2.75, 3.05) is 0 Å². The van der Waals surface area contributed by atoms with Crippen LogP contribution in [0, 0.1) is 0 Å². The molecule has 2 aromatic rings. The number of H-pyrrole nitrogens is 1. The summed E-state index contributed by atoms with van der Waals surface area (Å²) in [6.07, 6.45) is 2.11. The van der Waals surface area contributed by atoms with Gasteiger partial charge in [0.05, 0.1) is 17.4 Å². The van der Waals surface area contributed by atoms with Gasteiger partial charge in [-0.25, -0.2) is 4.98 Å². The molecular formula is C9H7N3O2. The van der Waals surface area contributed by atoms with Crippen LogP contribution in [0.1, 0.15) is 20.7 Å². The lowest BCUT2D eigenvalue weighted by atomic mass is 10.1. The van der Waals surface area contributed by atoms with Crippen molar-refractivity contribution in [1.82, 2.24) is 9.97 Å². The highest BCUT2D eigenvalue weighted by Gasteiger charge is 2.10. The van der Waals surface area contributed by atoms with Crippen molar-refractivity contribution < 1.29 is 9.59 Å². The van der Waals surface area contributed by atoms with Crippen molar-refractivity contribution in [1.29, 1.82) is 0 Å². The average Bonchev–Trinajstić information content (AvgIpc) is 2.63.